The number of hydrogen-bond acceptors (Lipinski definition) is 2. The number of rotatable bonds is 0. The van der Waals surface area contributed by atoms with Crippen LogP contribution in [0.1, 0.15) is 5.56 Å². The summed E-state index contributed by atoms with van der Waals surface area (Å²) in [5.41, 5.74) is 7.23. The first-order valence-electron chi connectivity index (χ1n) is 3.26. The summed E-state index contributed by atoms with van der Waals surface area (Å²) in [6.07, 6.45) is 1.84. The minimum Gasteiger partial charge on any atom is -0.399 e. The lowest BCUT2D eigenvalue weighted by Gasteiger charge is -1.97. The van der Waals surface area contributed by atoms with E-state index in [1.54, 1.807) is 17.5 Å². The molecule has 1 aromatic rings. The molecule has 1 atom stereocenters. The molecule has 56 valence electrons. The Labute approximate surface area is 67.2 Å². The molecule has 1 unspecified atom stereocenters. The minimum atomic E-state index is -0.942. The Balaban J connectivity index is 2.66. The van der Waals surface area contributed by atoms with Crippen molar-refractivity contribution in [3.8, 4) is 0 Å². The molecule has 0 aromatic heterocycles. The molecule has 11 heavy (non-hydrogen) atoms. The molecule has 0 fully saturated rings. The maximum absolute atomic E-state index is 11.2. The van der Waals surface area contributed by atoms with Gasteiger partial charge in [0.2, 0.25) is 0 Å². The standard InChI is InChI=1S/C8H7NOS/c9-7-1-2-8-6(5-7)3-4-11(8)10/h1-5H,9H2. The lowest BCUT2D eigenvalue weighted by molar-refractivity contribution is 0.689. The summed E-state index contributed by atoms with van der Waals surface area (Å²) in [6, 6.07) is 5.40. The van der Waals surface area contributed by atoms with Crippen molar-refractivity contribution < 1.29 is 4.21 Å². The second-order valence-electron chi connectivity index (χ2n) is 2.40. The fraction of sp³-hybridized carbons (Fsp3) is 0. The monoisotopic (exact) mass is 165 g/mol. The molecule has 2 N–H and O–H groups in total. The predicted octanol–water partition coefficient (Wildman–Crippen LogP) is 1.36. The van der Waals surface area contributed by atoms with E-state index in [1.807, 2.05) is 12.1 Å². The average Bonchev–Trinajstić information content (AvgIpc) is 2.32. The molecule has 3 heteroatoms. The van der Waals surface area contributed by atoms with Crippen LogP contribution in [0.3, 0.4) is 0 Å². The Morgan fingerprint density at radius 3 is 3.00 bits per heavy atom. The molecular formula is C8H7NOS. The van der Waals surface area contributed by atoms with Gasteiger partial charge >= 0.3 is 0 Å². The van der Waals surface area contributed by atoms with Crippen molar-refractivity contribution in [3.63, 3.8) is 0 Å². The highest BCUT2D eigenvalue weighted by Gasteiger charge is 2.10. The van der Waals surface area contributed by atoms with Gasteiger partial charge in [-0.2, -0.15) is 0 Å². The van der Waals surface area contributed by atoms with E-state index in [0.29, 0.717) is 5.69 Å². The fourth-order valence-corrected chi connectivity index (χ4v) is 2.07. The van der Waals surface area contributed by atoms with Gasteiger partial charge in [0.05, 0.1) is 15.7 Å². The highest BCUT2D eigenvalue weighted by Crippen LogP contribution is 2.24. The van der Waals surface area contributed by atoms with E-state index >= 15 is 0 Å². The number of benzene rings is 1. The molecule has 1 aliphatic heterocycles. The summed E-state index contributed by atoms with van der Waals surface area (Å²) < 4.78 is 11.2. The van der Waals surface area contributed by atoms with Crippen LogP contribution in [0, 0.1) is 0 Å². The Morgan fingerprint density at radius 2 is 2.18 bits per heavy atom. The third-order valence-electron chi connectivity index (χ3n) is 1.62. The van der Waals surface area contributed by atoms with E-state index < -0.39 is 10.8 Å². The van der Waals surface area contributed by atoms with Crippen molar-refractivity contribution in [2.75, 3.05) is 5.73 Å². The third-order valence-corrected chi connectivity index (χ3v) is 2.81. The van der Waals surface area contributed by atoms with Crippen molar-refractivity contribution >= 4 is 22.6 Å². The van der Waals surface area contributed by atoms with Crippen LogP contribution < -0.4 is 5.73 Å². The van der Waals surface area contributed by atoms with Gasteiger partial charge in [0.15, 0.2) is 0 Å². The van der Waals surface area contributed by atoms with Crippen LogP contribution in [0.5, 0.6) is 0 Å². The van der Waals surface area contributed by atoms with E-state index in [0.717, 1.165) is 10.5 Å². The molecule has 1 aliphatic rings. The number of fused-ring (bicyclic) bond motifs is 1. The van der Waals surface area contributed by atoms with Gasteiger partial charge in [-0.15, -0.1) is 0 Å². The van der Waals surface area contributed by atoms with Gasteiger partial charge in [-0.05, 0) is 29.8 Å². The molecule has 1 heterocycles. The van der Waals surface area contributed by atoms with Crippen LogP contribution >= 0.6 is 0 Å². The molecule has 1 aromatic carbocycles. The van der Waals surface area contributed by atoms with E-state index in [1.165, 1.54) is 0 Å². The van der Waals surface area contributed by atoms with Crippen LogP contribution in [-0.2, 0) is 10.8 Å². The first kappa shape index (κ1) is 6.61. The van der Waals surface area contributed by atoms with Crippen LogP contribution in [0.2, 0.25) is 0 Å². The van der Waals surface area contributed by atoms with Crippen molar-refractivity contribution in [3.05, 3.63) is 29.2 Å². The molecule has 2 nitrogen and oxygen atoms in total. The van der Waals surface area contributed by atoms with E-state index in [-0.39, 0.29) is 0 Å². The molecule has 0 spiro atoms. The van der Waals surface area contributed by atoms with Gasteiger partial charge in [0, 0.05) is 11.1 Å². The first-order chi connectivity index (χ1) is 5.27. The van der Waals surface area contributed by atoms with Crippen LogP contribution in [-0.4, -0.2) is 4.21 Å². The second-order valence-corrected chi connectivity index (χ2v) is 3.70. The molecule has 0 bridgehead atoms. The average molecular weight is 165 g/mol. The number of hydrogen-bond donors (Lipinski definition) is 1. The maximum Gasteiger partial charge on any atom is 0.0782 e. The molecule has 0 saturated heterocycles. The van der Waals surface area contributed by atoms with E-state index in [4.69, 9.17) is 5.73 Å². The summed E-state index contributed by atoms with van der Waals surface area (Å²) in [5.74, 6) is 0. The zero-order valence-electron chi connectivity index (χ0n) is 5.78. The Morgan fingerprint density at radius 1 is 1.36 bits per heavy atom. The highest BCUT2D eigenvalue weighted by molar-refractivity contribution is 7.88. The first-order valence-corrected chi connectivity index (χ1v) is 4.47. The summed E-state index contributed by atoms with van der Waals surface area (Å²) in [5, 5.41) is 1.67. The van der Waals surface area contributed by atoms with Crippen LogP contribution in [0.25, 0.3) is 6.08 Å². The lowest BCUT2D eigenvalue weighted by atomic mass is 10.2. The maximum atomic E-state index is 11.2. The van der Waals surface area contributed by atoms with Gasteiger partial charge in [-0.25, -0.2) is 4.21 Å². The minimum absolute atomic E-state index is 0.715. The highest BCUT2D eigenvalue weighted by atomic mass is 32.2. The van der Waals surface area contributed by atoms with E-state index in [9.17, 15) is 4.21 Å². The largest absolute Gasteiger partial charge is 0.399 e. The number of anilines is 1. The van der Waals surface area contributed by atoms with Crippen molar-refractivity contribution in [2.45, 2.75) is 4.90 Å². The zero-order chi connectivity index (χ0) is 7.84. The fourth-order valence-electron chi connectivity index (χ4n) is 1.09. The van der Waals surface area contributed by atoms with Gasteiger partial charge in [-0.3, -0.25) is 0 Å². The molecule has 2 rings (SSSR count). The normalized spacial score (nSPS) is 20.2. The Kier molecular flexibility index (Phi) is 1.32. The van der Waals surface area contributed by atoms with Gasteiger partial charge < -0.3 is 5.73 Å². The molecule has 0 saturated carbocycles. The van der Waals surface area contributed by atoms with Crippen LogP contribution in [0.4, 0.5) is 5.69 Å². The van der Waals surface area contributed by atoms with Gasteiger partial charge in [0.25, 0.3) is 0 Å². The third kappa shape index (κ3) is 0.973. The summed E-state index contributed by atoms with van der Waals surface area (Å²) in [4.78, 5) is 0.860. The van der Waals surface area contributed by atoms with E-state index in [2.05, 4.69) is 0 Å². The summed E-state index contributed by atoms with van der Waals surface area (Å²) in [7, 11) is -0.942. The molecule has 0 aliphatic carbocycles. The summed E-state index contributed by atoms with van der Waals surface area (Å²) >= 11 is 0. The van der Waals surface area contributed by atoms with Gasteiger partial charge in [0.1, 0.15) is 0 Å². The molecular weight excluding hydrogens is 158 g/mol. The zero-order valence-corrected chi connectivity index (χ0v) is 6.60. The van der Waals surface area contributed by atoms with Crippen molar-refractivity contribution in [1.82, 2.24) is 0 Å². The van der Waals surface area contributed by atoms with Gasteiger partial charge in [-0.1, -0.05) is 0 Å². The van der Waals surface area contributed by atoms with Crippen LogP contribution in [0.15, 0.2) is 28.5 Å². The lowest BCUT2D eigenvalue weighted by Crippen LogP contribution is -1.88. The second kappa shape index (κ2) is 2.20. The SMILES string of the molecule is Nc1ccc2c(c1)C=CS2=O. The summed E-state index contributed by atoms with van der Waals surface area (Å²) in [6.45, 7) is 0. The Bertz CT molecular complexity index is 357. The topological polar surface area (TPSA) is 43.1 Å². The number of nitrogen functional groups attached to an aromatic ring is 1. The molecule has 0 amide bonds. The predicted molar refractivity (Wildman–Crippen MR) is 46.3 cm³/mol. The molecule has 0 radical (unpaired) electrons. The number of nitrogens with two attached hydrogens (primary N) is 1. The quantitative estimate of drug-likeness (QED) is 0.590. The Hall–Kier alpha value is -1.09. The van der Waals surface area contributed by atoms with Crippen molar-refractivity contribution in [2.24, 2.45) is 0 Å². The van der Waals surface area contributed by atoms with Crippen molar-refractivity contribution in [1.29, 1.82) is 0 Å². The smallest absolute Gasteiger partial charge is 0.0782 e.